The summed E-state index contributed by atoms with van der Waals surface area (Å²) in [6.45, 7) is 0. The van der Waals surface area contributed by atoms with Crippen molar-refractivity contribution in [2.75, 3.05) is 0 Å². The number of halogens is 4. The van der Waals surface area contributed by atoms with Crippen molar-refractivity contribution in [3.05, 3.63) is 53.3 Å². The minimum Gasteiger partial charge on any atom is -0.507 e. The first-order valence-electron chi connectivity index (χ1n) is 5.63. The molecule has 7 heteroatoms. The summed E-state index contributed by atoms with van der Waals surface area (Å²) in [6, 6.07) is 4.92. The van der Waals surface area contributed by atoms with Crippen LogP contribution in [0.25, 0.3) is 11.1 Å². The number of aromatic hydroxyl groups is 1. The zero-order valence-corrected chi connectivity index (χ0v) is 10.3. The van der Waals surface area contributed by atoms with Crippen LogP contribution >= 0.6 is 0 Å². The lowest BCUT2D eigenvalue weighted by atomic mass is 9.98. The predicted octanol–water partition coefficient (Wildman–Crippen LogP) is 3.92. The molecule has 21 heavy (non-hydrogen) atoms. The van der Waals surface area contributed by atoms with E-state index >= 15 is 0 Å². The van der Waals surface area contributed by atoms with Gasteiger partial charge in [0.25, 0.3) is 0 Å². The lowest BCUT2D eigenvalue weighted by molar-refractivity contribution is -0.137. The van der Waals surface area contributed by atoms with E-state index in [0.29, 0.717) is 12.1 Å². The number of benzene rings is 2. The van der Waals surface area contributed by atoms with Gasteiger partial charge in [-0.25, -0.2) is 9.18 Å². The number of carboxylic acid groups (broad SMARTS) is 1. The fraction of sp³-hybridized carbons (Fsp3) is 0.0714. The van der Waals surface area contributed by atoms with E-state index in [-0.39, 0.29) is 11.1 Å². The molecule has 0 spiro atoms. The third-order valence-corrected chi connectivity index (χ3v) is 2.78. The average Bonchev–Trinajstić information content (AvgIpc) is 2.37. The summed E-state index contributed by atoms with van der Waals surface area (Å²) < 4.78 is 51.2. The highest BCUT2D eigenvalue weighted by Gasteiger charge is 2.32. The molecule has 0 saturated carbocycles. The van der Waals surface area contributed by atoms with Crippen LogP contribution in [0, 0.1) is 5.82 Å². The fourth-order valence-corrected chi connectivity index (χ4v) is 1.82. The Morgan fingerprint density at radius 3 is 2.24 bits per heavy atom. The van der Waals surface area contributed by atoms with Crippen LogP contribution < -0.4 is 0 Å². The van der Waals surface area contributed by atoms with Crippen LogP contribution in [0.3, 0.4) is 0 Å². The second kappa shape index (κ2) is 5.08. The number of phenols is 1. The molecule has 0 amide bonds. The molecule has 0 heterocycles. The maximum Gasteiger partial charge on any atom is 0.416 e. The molecule has 2 aromatic rings. The van der Waals surface area contributed by atoms with Crippen molar-refractivity contribution >= 4 is 5.97 Å². The van der Waals surface area contributed by atoms with Crippen molar-refractivity contribution in [3.8, 4) is 16.9 Å². The molecule has 2 rings (SSSR count). The fourth-order valence-electron chi connectivity index (χ4n) is 1.82. The molecular weight excluding hydrogens is 292 g/mol. The van der Waals surface area contributed by atoms with Crippen molar-refractivity contribution < 1.29 is 32.6 Å². The monoisotopic (exact) mass is 300 g/mol. The van der Waals surface area contributed by atoms with Crippen molar-refractivity contribution in [3.63, 3.8) is 0 Å². The van der Waals surface area contributed by atoms with E-state index in [2.05, 4.69) is 0 Å². The Kier molecular flexibility index (Phi) is 3.59. The van der Waals surface area contributed by atoms with Crippen LogP contribution in [0.5, 0.6) is 5.75 Å². The van der Waals surface area contributed by atoms with Crippen molar-refractivity contribution in [2.24, 2.45) is 0 Å². The Balaban J connectivity index is 2.68. The summed E-state index contributed by atoms with van der Waals surface area (Å²) in [7, 11) is 0. The van der Waals surface area contributed by atoms with Crippen LogP contribution in [0.1, 0.15) is 15.9 Å². The molecular formula is C14H8F4O3. The molecule has 0 aliphatic rings. The first-order valence-corrected chi connectivity index (χ1v) is 5.63. The molecule has 3 nitrogen and oxygen atoms in total. The second-order valence-corrected chi connectivity index (χ2v) is 4.26. The number of phenolic OH excluding ortho intramolecular Hbond substituents is 1. The summed E-state index contributed by atoms with van der Waals surface area (Å²) in [5.74, 6) is -2.88. The summed E-state index contributed by atoms with van der Waals surface area (Å²) in [5, 5.41) is 18.5. The Hall–Kier alpha value is -2.57. The predicted molar refractivity (Wildman–Crippen MR) is 65.5 cm³/mol. The maximum absolute atomic E-state index is 12.9. The highest BCUT2D eigenvalue weighted by Crippen LogP contribution is 2.36. The molecule has 0 atom stereocenters. The van der Waals surface area contributed by atoms with Gasteiger partial charge in [-0.1, -0.05) is 0 Å². The van der Waals surface area contributed by atoms with Gasteiger partial charge in [0.05, 0.1) is 11.1 Å². The molecule has 2 N–H and O–H groups in total. The van der Waals surface area contributed by atoms with E-state index in [1.807, 2.05) is 0 Å². The van der Waals surface area contributed by atoms with Gasteiger partial charge in [0.15, 0.2) is 0 Å². The summed E-state index contributed by atoms with van der Waals surface area (Å²) in [5.41, 5.74) is -2.01. The number of alkyl halides is 3. The van der Waals surface area contributed by atoms with Crippen molar-refractivity contribution in [1.82, 2.24) is 0 Å². The second-order valence-electron chi connectivity index (χ2n) is 4.26. The van der Waals surface area contributed by atoms with Crippen LogP contribution in [-0.4, -0.2) is 16.2 Å². The Morgan fingerprint density at radius 2 is 1.71 bits per heavy atom. The van der Waals surface area contributed by atoms with E-state index in [1.165, 1.54) is 0 Å². The zero-order valence-electron chi connectivity index (χ0n) is 10.3. The number of hydrogen-bond acceptors (Lipinski definition) is 2. The molecule has 0 unspecified atom stereocenters. The molecule has 0 radical (unpaired) electrons. The minimum atomic E-state index is -4.74. The van der Waals surface area contributed by atoms with Crippen LogP contribution in [0.2, 0.25) is 0 Å². The van der Waals surface area contributed by atoms with Gasteiger partial charge in [-0.2, -0.15) is 13.2 Å². The van der Waals surface area contributed by atoms with E-state index in [4.69, 9.17) is 5.11 Å². The molecule has 0 aliphatic carbocycles. The Labute approximate surface area is 116 Å². The Morgan fingerprint density at radius 1 is 1.05 bits per heavy atom. The molecule has 110 valence electrons. The van der Waals surface area contributed by atoms with Gasteiger partial charge in [-0.15, -0.1) is 0 Å². The molecule has 0 bridgehead atoms. The lowest BCUT2D eigenvalue weighted by Crippen LogP contribution is -2.08. The van der Waals surface area contributed by atoms with Crippen LogP contribution in [0.4, 0.5) is 17.6 Å². The van der Waals surface area contributed by atoms with Crippen molar-refractivity contribution in [1.29, 1.82) is 0 Å². The number of carboxylic acids is 1. The van der Waals surface area contributed by atoms with Crippen molar-refractivity contribution in [2.45, 2.75) is 6.18 Å². The van der Waals surface area contributed by atoms with Crippen LogP contribution in [0.15, 0.2) is 36.4 Å². The lowest BCUT2D eigenvalue weighted by Gasteiger charge is -2.12. The van der Waals surface area contributed by atoms with Gasteiger partial charge in [0, 0.05) is 11.6 Å². The van der Waals surface area contributed by atoms with Gasteiger partial charge in [0.1, 0.15) is 11.6 Å². The molecule has 0 saturated heterocycles. The summed E-state index contributed by atoms with van der Waals surface area (Å²) in [4.78, 5) is 10.9. The first kappa shape index (κ1) is 14.8. The highest BCUT2D eigenvalue weighted by atomic mass is 19.4. The summed E-state index contributed by atoms with van der Waals surface area (Å²) >= 11 is 0. The van der Waals surface area contributed by atoms with Crippen LogP contribution in [-0.2, 0) is 6.18 Å². The normalized spacial score (nSPS) is 11.4. The summed E-state index contributed by atoms with van der Waals surface area (Å²) in [6.07, 6.45) is -4.74. The van der Waals surface area contributed by atoms with Gasteiger partial charge in [0.2, 0.25) is 0 Å². The standard InChI is InChI=1S/C14H8F4O3/c15-10-1-2-11(12(19)6-10)7-3-8(13(20)21)5-9(4-7)14(16,17)18/h1-6,19H,(H,20,21). The number of aromatic carboxylic acids is 1. The molecule has 0 aliphatic heterocycles. The number of rotatable bonds is 2. The third-order valence-electron chi connectivity index (χ3n) is 2.78. The molecule has 0 fully saturated rings. The molecule has 0 aromatic heterocycles. The van der Waals surface area contributed by atoms with Gasteiger partial charge in [-0.3, -0.25) is 0 Å². The number of carbonyl (C=O) groups is 1. The average molecular weight is 300 g/mol. The van der Waals surface area contributed by atoms with E-state index in [1.54, 1.807) is 0 Å². The van der Waals surface area contributed by atoms with E-state index in [9.17, 15) is 27.5 Å². The topological polar surface area (TPSA) is 57.5 Å². The molecule has 2 aromatic carbocycles. The smallest absolute Gasteiger partial charge is 0.416 e. The first-order chi connectivity index (χ1) is 9.68. The quantitative estimate of drug-likeness (QED) is 0.827. The Bertz CT molecular complexity index is 708. The maximum atomic E-state index is 12.9. The third kappa shape index (κ3) is 3.13. The highest BCUT2D eigenvalue weighted by molar-refractivity contribution is 5.90. The van der Waals surface area contributed by atoms with Gasteiger partial charge in [-0.05, 0) is 35.9 Å². The number of hydrogen-bond donors (Lipinski definition) is 2. The van der Waals surface area contributed by atoms with Gasteiger partial charge < -0.3 is 10.2 Å². The van der Waals surface area contributed by atoms with E-state index in [0.717, 1.165) is 24.3 Å². The van der Waals surface area contributed by atoms with E-state index < -0.39 is 34.8 Å². The van der Waals surface area contributed by atoms with Gasteiger partial charge >= 0.3 is 12.1 Å². The zero-order chi connectivity index (χ0) is 15.8. The SMILES string of the molecule is O=C(O)c1cc(-c2ccc(F)cc2O)cc(C(F)(F)F)c1. The largest absolute Gasteiger partial charge is 0.507 e. The minimum absolute atomic E-state index is 0.0926.